The lowest BCUT2D eigenvalue weighted by molar-refractivity contribution is -0.0103. The highest BCUT2D eigenvalue weighted by atomic mass is 28.5. The summed E-state index contributed by atoms with van der Waals surface area (Å²) in [5, 5.41) is 8.93. The van der Waals surface area contributed by atoms with Gasteiger partial charge in [0.2, 0.25) is 0 Å². The van der Waals surface area contributed by atoms with E-state index in [2.05, 4.69) is 58.9 Å². The van der Waals surface area contributed by atoms with Crippen LogP contribution in [-0.4, -0.2) is 71.4 Å². The maximum atomic E-state index is 8.93. The van der Waals surface area contributed by atoms with Crippen LogP contribution in [0.1, 0.15) is 43.1 Å². The highest BCUT2D eigenvalue weighted by molar-refractivity contribution is 6.89. The van der Waals surface area contributed by atoms with Gasteiger partial charge in [0.25, 0.3) is 0 Å². The average molecular weight is 521 g/mol. The highest BCUT2D eigenvalue weighted by Gasteiger charge is 2.44. The second-order valence-electron chi connectivity index (χ2n) is 9.64. The Bertz CT molecular complexity index is 414. The van der Waals surface area contributed by atoms with E-state index in [1.165, 1.54) is 0 Å². The van der Waals surface area contributed by atoms with Crippen molar-refractivity contribution in [3.05, 3.63) is 0 Å². The van der Waals surface area contributed by atoms with Crippen molar-refractivity contribution in [1.29, 1.82) is 0 Å². The SMILES string of the molecule is C.C.C.C.CC(CO)OCCOCCC[Si](C)(O[Si](C)(C)C)O[Si](C)(C)O[Si](C)(C)C. The summed E-state index contributed by atoms with van der Waals surface area (Å²) in [6, 6.07) is 0.899. The Kier molecular flexibility index (Phi) is 24.3. The molecule has 1 N–H and O–H groups in total. The number of hydrogen-bond acceptors (Lipinski definition) is 6. The van der Waals surface area contributed by atoms with Crippen molar-refractivity contribution in [3.8, 4) is 0 Å². The maximum Gasteiger partial charge on any atom is 0.315 e. The molecule has 0 spiro atoms. The van der Waals surface area contributed by atoms with Gasteiger partial charge in [0.05, 0.1) is 25.9 Å². The van der Waals surface area contributed by atoms with E-state index in [1.54, 1.807) is 0 Å². The first-order valence-corrected chi connectivity index (χ1v) is 22.1. The largest absolute Gasteiger partial charge is 0.437 e. The van der Waals surface area contributed by atoms with Crippen LogP contribution >= 0.6 is 0 Å². The molecule has 0 aliphatic rings. The molecule has 0 rings (SSSR count). The highest BCUT2D eigenvalue weighted by Crippen LogP contribution is 2.27. The fraction of sp³-hybridized carbons (Fsp3) is 1.00. The number of rotatable bonds is 15. The lowest BCUT2D eigenvalue weighted by Gasteiger charge is -2.41. The third-order valence-corrected chi connectivity index (χ3v) is 16.9. The van der Waals surface area contributed by atoms with Crippen LogP contribution in [0, 0.1) is 0 Å². The smallest absolute Gasteiger partial charge is 0.315 e. The predicted molar refractivity (Wildman–Crippen MR) is 149 cm³/mol. The quantitative estimate of drug-likeness (QED) is 0.188. The summed E-state index contributed by atoms with van der Waals surface area (Å²) >= 11 is 0. The number of ether oxygens (including phenoxy) is 2. The number of aliphatic hydroxyl groups excluding tert-OH is 1. The molecule has 196 valence electrons. The minimum Gasteiger partial charge on any atom is -0.437 e. The van der Waals surface area contributed by atoms with Gasteiger partial charge in [0.1, 0.15) is 0 Å². The summed E-state index contributed by atoms with van der Waals surface area (Å²) in [4.78, 5) is 0. The molecule has 0 aromatic heterocycles. The second kappa shape index (κ2) is 18.0. The van der Waals surface area contributed by atoms with E-state index in [-0.39, 0.29) is 42.4 Å². The topological polar surface area (TPSA) is 66.4 Å². The zero-order chi connectivity index (χ0) is 21.4. The molecule has 0 radical (unpaired) electrons. The fourth-order valence-corrected chi connectivity index (χ4v) is 20.9. The van der Waals surface area contributed by atoms with Crippen LogP contribution in [0.3, 0.4) is 0 Å². The summed E-state index contributed by atoms with van der Waals surface area (Å²) in [5.41, 5.74) is 0. The van der Waals surface area contributed by atoms with E-state index in [9.17, 15) is 0 Å². The second-order valence-corrected chi connectivity index (χ2v) is 26.1. The molecule has 0 fully saturated rings. The average Bonchev–Trinajstić information content (AvgIpc) is 2.40. The van der Waals surface area contributed by atoms with E-state index < -0.39 is 33.8 Å². The van der Waals surface area contributed by atoms with Crippen molar-refractivity contribution >= 4 is 33.8 Å². The van der Waals surface area contributed by atoms with Gasteiger partial charge >= 0.3 is 17.1 Å². The summed E-state index contributed by atoms with van der Waals surface area (Å²) in [7, 11) is -7.95. The van der Waals surface area contributed by atoms with E-state index in [0.29, 0.717) is 19.8 Å². The lowest BCUT2D eigenvalue weighted by atomic mass is 10.4. The summed E-state index contributed by atoms with van der Waals surface area (Å²) < 4.78 is 30.7. The normalized spacial score (nSPS) is 14.8. The molecule has 0 aromatic carbocycles. The molecule has 6 nitrogen and oxygen atoms in total. The van der Waals surface area contributed by atoms with Gasteiger partial charge in [0, 0.05) is 6.61 Å². The minimum absolute atomic E-state index is 0. The number of aliphatic hydroxyl groups is 1. The molecule has 0 aromatic rings. The lowest BCUT2D eigenvalue weighted by Crippen LogP contribution is -2.56. The van der Waals surface area contributed by atoms with Crippen molar-refractivity contribution in [2.75, 3.05) is 26.4 Å². The van der Waals surface area contributed by atoms with E-state index in [1.807, 2.05) is 6.92 Å². The number of hydrogen-bond donors (Lipinski definition) is 1. The summed E-state index contributed by atoms with van der Waals surface area (Å²) in [5.74, 6) is 0. The predicted octanol–water partition coefficient (Wildman–Crippen LogP) is 6.83. The third-order valence-electron chi connectivity index (χ3n) is 3.34. The van der Waals surface area contributed by atoms with Crippen molar-refractivity contribution in [2.24, 2.45) is 0 Å². The van der Waals surface area contributed by atoms with Gasteiger partial charge in [-0.2, -0.15) is 0 Å². The first kappa shape index (κ1) is 41.8. The van der Waals surface area contributed by atoms with E-state index in [4.69, 9.17) is 26.9 Å². The molecule has 0 aliphatic carbocycles. The molecular formula is C21H60O6Si4. The van der Waals surface area contributed by atoms with Crippen LogP contribution in [0.25, 0.3) is 0 Å². The minimum atomic E-state index is -2.34. The van der Waals surface area contributed by atoms with Crippen molar-refractivity contribution < 1.29 is 26.9 Å². The molecule has 2 atom stereocenters. The fourth-order valence-electron chi connectivity index (χ4n) is 3.01. The van der Waals surface area contributed by atoms with Crippen LogP contribution < -0.4 is 0 Å². The monoisotopic (exact) mass is 520 g/mol. The third kappa shape index (κ3) is 25.1. The molecular weight excluding hydrogens is 461 g/mol. The molecule has 0 aliphatic heterocycles. The van der Waals surface area contributed by atoms with Crippen LogP contribution in [0.4, 0.5) is 0 Å². The summed E-state index contributed by atoms with van der Waals surface area (Å²) in [6.07, 6.45) is 0.765. The zero-order valence-corrected chi connectivity index (χ0v) is 23.3. The van der Waals surface area contributed by atoms with Gasteiger partial charge in [-0.25, -0.2) is 0 Å². The first-order chi connectivity index (χ1) is 12.1. The molecule has 31 heavy (non-hydrogen) atoms. The Morgan fingerprint density at radius 3 is 1.58 bits per heavy atom. The van der Waals surface area contributed by atoms with Gasteiger partial charge in [-0.3, -0.25) is 0 Å². The molecule has 0 amide bonds. The van der Waals surface area contributed by atoms with Gasteiger partial charge in [0.15, 0.2) is 16.6 Å². The van der Waals surface area contributed by atoms with Crippen LogP contribution in [0.2, 0.25) is 65.0 Å². The standard InChI is InChI=1S/C17H44O6Si4.4CH4/c1-17(16-18)20-14-13-19-12-11-15-27(10,22-25(5,6)7)23-26(8,9)21-24(2,3)4;;;;/h17-18H,11-16H2,1-10H3;4*1H4. The molecule has 0 heterocycles. The van der Waals surface area contributed by atoms with Gasteiger partial charge in [-0.05, 0) is 78.3 Å². The summed E-state index contributed by atoms with van der Waals surface area (Å²) in [6.45, 7) is 23.3. The Balaban J connectivity index is -0.000000563. The molecule has 0 saturated heterocycles. The van der Waals surface area contributed by atoms with E-state index in [0.717, 1.165) is 12.5 Å². The van der Waals surface area contributed by atoms with Crippen molar-refractivity contribution in [3.63, 3.8) is 0 Å². The van der Waals surface area contributed by atoms with Gasteiger partial charge in [-0.1, -0.05) is 29.7 Å². The van der Waals surface area contributed by atoms with Crippen LogP contribution in [0.5, 0.6) is 0 Å². The Hall–Kier alpha value is 0.628. The molecule has 0 bridgehead atoms. The molecule has 10 heteroatoms. The maximum absolute atomic E-state index is 8.93. The van der Waals surface area contributed by atoms with Crippen LogP contribution in [0.15, 0.2) is 0 Å². The van der Waals surface area contributed by atoms with Gasteiger partial charge < -0.3 is 26.9 Å². The Morgan fingerprint density at radius 1 is 0.677 bits per heavy atom. The van der Waals surface area contributed by atoms with Gasteiger partial charge in [-0.15, -0.1) is 0 Å². The van der Waals surface area contributed by atoms with Crippen molar-refractivity contribution in [1.82, 2.24) is 0 Å². The Labute approximate surface area is 201 Å². The zero-order valence-electron chi connectivity index (χ0n) is 19.3. The van der Waals surface area contributed by atoms with Crippen LogP contribution in [-0.2, 0) is 21.8 Å². The first-order valence-electron chi connectivity index (χ1n) is 9.98. The van der Waals surface area contributed by atoms with E-state index >= 15 is 0 Å². The Morgan fingerprint density at radius 2 is 1.16 bits per heavy atom. The molecule has 2 unspecified atom stereocenters. The molecule has 0 saturated carbocycles. The van der Waals surface area contributed by atoms with Crippen molar-refractivity contribution in [2.45, 2.75) is 114 Å².